The number of hydrogen-bond donors (Lipinski definition) is 0. The number of pyridine rings is 1. The highest BCUT2D eigenvalue weighted by Crippen LogP contribution is 2.30. The fraction of sp³-hybridized carbons (Fsp3) is 0.250. The van der Waals surface area contributed by atoms with Crippen LogP contribution in [0.25, 0.3) is 22.0 Å². The van der Waals surface area contributed by atoms with Gasteiger partial charge in [-0.25, -0.2) is 0 Å². The Labute approximate surface area is 132 Å². The summed E-state index contributed by atoms with van der Waals surface area (Å²) < 4.78 is 0. The predicted molar refractivity (Wildman–Crippen MR) is 94.1 cm³/mol. The zero-order valence-corrected chi connectivity index (χ0v) is 13.3. The summed E-state index contributed by atoms with van der Waals surface area (Å²) in [7, 11) is 2.17. The molecular weight excluding hydrogens is 268 g/mol. The smallest absolute Gasteiger partial charge is 0.0708 e. The molecule has 0 N–H and O–H groups in total. The molecule has 1 heterocycles. The van der Waals surface area contributed by atoms with Crippen molar-refractivity contribution in [3.8, 4) is 11.3 Å². The first-order valence-corrected chi connectivity index (χ1v) is 7.90. The summed E-state index contributed by atoms with van der Waals surface area (Å²) in [6.07, 6.45) is 2.92. The van der Waals surface area contributed by atoms with Gasteiger partial charge in [-0.2, -0.15) is 0 Å². The topological polar surface area (TPSA) is 16.1 Å². The second-order valence-electron chi connectivity index (χ2n) is 5.68. The summed E-state index contributed by atoms with van der Waals surface area (Å²) in [5, 5.41) is 2.63. The van der Waals surface area contributed by atoms with Gasteiger partial charge in [-0.05, 0) is 48.5 Å². The summed E-state index contributed by atoms with van der Waals surface area (Å²) in [5.74, 6) is 0. The molecule has 0 saturated carbocycles. The highest BCUT2D eigenvalue weighted by atomic mass is 15.1. The van der Waals surface area contributed by atoms with Crippen LogP contribution in [0, 0.1) is 0 Å². The molecule has 2 nitrogen and oxygen atoms in total. The summed E-state index contributed by atoms with van der Waals surface area (Å²) in [6, 6.07) is 19.2. The van der Waals surface area contributed by atoms with E-state index in [0.717, 1.165) is 25.2 Å². The van der Waals surface area contributed by atoms with Crippen molar-refractivity contribution in [1.29, 1.82) is 0 Å². The SMILES string of the molecule is CCN(C)CCc1cccc2cccc(-c3ccccn3)c12. The van der Waals surface area contributed by atoms with Crippen LogP contribution in [0.2, 0.25) is 0 Å². The number of fused-ring (bicyclic) bond motifs is 1. The van der Waals surface area contributed by atoms with Gasteiger partial charge in [0.2, 0.25) is 0 Å². The summed E-state index contributed by atoms with van der Waals surface area (Å²) in [5.41, 5.74) is 3.68. The van der Waals surface area contributed by atoms with E-state index in [4.69, 9.17) is 0 Å². The van der Waals surface area contributed by atoms with E-state index in [1.165, 1.54) is 21.9 Å². The molecule has 0 bridgehead atoms. The number of aromatic nitrogens is 1. The molecule has 3 aromatic rings. The van der Waals surface area contributed by atoms with Crippen molar-refractivity contribution in [2.24, 2.45) is 0 Å². The molecule has 0 aliphatic carbocycles. The molecule has 2 heteroatoms. The molecular formula is C20H22N2. The Morgan fingerprint density at radius 3 is 2.50 bits per heavy atom. The van der Waals surface area contributed by atoms with Crippen LogP contribution in [-0.2, 0) is 6.42 Å². The molecule has 0 saturated heterocycles. The Hall–Kier alpha value is -2.19. The molecule has 0 aliphatic heterocycles. The zero-order chi connectivity index (χ0) is 15.4. The molecule has 22 heavy (non-hydrogen) atoms. The highest BCUT2D eigenvalue weighted by Gasteiger charge is 2.09. The van der Waals surface area contributed by atoms with Gasteiger partial charge in [0.25, 0.3) is 0 Å². The minimum atomic E-state index is 1.05. The van der Waals surface area contributed by atoms with Crippen LogP contribution in [-0.4, -0.2) is 30.0 Å². The third-order valence-electron chi connectivity index (χ3n) is 4.23. The number of rotatable bonds is 5. The third kappa shape index (κ3) is 3.02. The summed E-state index contributed by atoms with van der Waals surface area (Å²) >= 11 is 0. The highest BCUT2D eigenvalue weighted by molar-refractivity contribution is 5.98. The van der Waals surface area contributed by atoms with Gasteiger partial charge < -0.3 is 4.90 Å². The largest absolute Gasteiger partial charge is 0.306 e. The minimum Gasteiger partial charge on any atom is -0.306 e. The van der Waals surface area contributed by atoms with E-state index in [2.05, 4.69) is 72.4 Å². The molecule has 1 aromatic heterocycles. The van der Waals surface area contributed by atoms with Crippen LogP contribution in [0.15, 0.2) is 60.8 Å². The molecule has 0 amide bonds. The molecule has 0 fully saturated rings. The van der Waals surface area contributed by atoms with Gasteiger partial charge in [-0.3, -0.25) is 4.98 Å². The maximum absolute atomic E-state index is 4.54. The van der Waals surface area contributed by atoms with Gasteiger partial charge in [0, 0.05) is 18.3 Å². The Morgan fingerprint density at radius 2 is 1.77 bits per heavy atom. The first-order valence-electron chi connectivity index (χ1n) is 7.90. The number of nitrogens with zero attached hydrogens (tertiary/aromatic N) is 2. The molecule has 0 spiro atoms. The maximum atomic E-state index is 4.54. The molecule has 0 unspecified atom stereocenters. The Morgan fingerprint density at radius 1 is 0.955 bits per heavy atom. The van der Waals surface area contributed by atoms with Crippen LogP contribution in [0.4, 0.5) is 0 Å². The van der Waals surface area contributed by atoms with Crippen molar-refractivity contribution in [3.05, 3.63) is 66.4 Å². The van der Waals surface area contributed by atoms with E-state index in [1.807, 2.05) is 12.3 Å². The average molecular weight is 290 g/mol. The van der Waals surface area contributed by atoms with Gasteiger partial charge in [0.05, 0.1) is 5.69 Å². The number of likely N-dealkylation sites (N-methyl/N-ethyl adjacent to an activating group) is 1. The molecule has 2 aromatic carbocycles. The van der Waals surface area contributed by atoms with E-state index >= 15 is 0 Å². The lowest BCUT2D eigenvalue weighted by Gasteiger charge is -2.16. The van der Waals surface area contributed by atoms with E-state index in [9.17, 15) is 0 Å². The molecule has 0 radical (unpaired) electrons. The van der Waals surface area contributed by atoms with Gasteiger partial charge in [0.1, 0.15) is 0 Å². The predicted octanol–water partition coefficient (Wildman–Crippen LogP) is 4.40. The lowest BCUT2D eigenvalue weighted by molar-refractivity contribution is 0.358. The van der Waals surface area contributed by atoms with Crippen molar-refractivity contribution in [1.82, 2.24) is 9.88 Å². The van der Waals surface area contributed by atoms with Crippen LogP contribution in [0.5, 0.6) is 0 Å². The van der Waals surface area contributed by atoms with Crippen LogP contribution >= 0.6 is 0 Å². The van der Waals surface area contributed by atoms with Crippen LogP contribution in [0.3, 0.4) is 0 Å². The van der Waals surface area contributed by atoms with Crippen molar-refractivity contribution >= 4 is 10.8 Å². The Balaban J connectivity index is 2.09. The second-order valence-corrected chi connectivity index (χ2v) is 5.68. The van der Waals surface area contributed by atoms with Crippen LogP contribution < -0.4 is 0 Å². The molecule has 0 aliphatic rings. The van der Waals surface area contributed by atoms with Gasteiger partial charge in [-0.15, -0.1) is 0 Å². The van der Waals surface area contributed by atoms with Crippen molar-refractivity contribution in [3.63, 3.8) is 0 Å². The van der Waals surface area contributed by atoms with E-state index < -0.39 is 0 Å². The molecule has 3 rings (SSSR count). The molecule has 112 valence electrons. The van der Waals surface area contributed by atoms with Crippen LogP contribution in [0.1, 0.15) is 12.5 Å². The normalized spacial score (nSPS) is 11.2. The third-order valence-corrected chi connectivity index (χ3v) is 4.23. The number of benzene rings is 2. The number of hydrogen-bond acceptors (Lipinski definition) is 2. The minimum absolute atomic E-state index is 1.05. The first kappa shape index (κ1) is 14.7. The maximum Gasteiger partial charge on any atom is 0.0708 e. The first-order chi connectivity index (χ1) is 10.8. The van der Waals surface area contributed by atoms with Gasteiger partial charge in [0.15, 0.2) is 0 Å². The fourth-order valence-electron chi connectivity index (χ4n) is 2.83. The zero-order valence-electron chi connectivity index (χ0n) is 13.3. The quantitative estimate of drug-likeness (QED) is 0.692. The molecule has 0 atom stereocenters. The summed E-state index contributed by atoms with van der Waals surface area (Å²) in [6.45, 7) is 4.35. The Kier molecular flexibility index (Phi) is 4.50. The average Bonchev–Trinajstić information content (AvgIpc) is 2.59. The van der Waals surface area contributed by atoms with E-state index in [1.54, 1.807) is 0 Å². The standard InChI is InChI=1S/C20H22N2/c1-3-22(2)15-13-17-9-6-8-16-10-7-11-18(20(16)17)19-12-4-5-14-21-19/h4-12,14H,3,13,15H2,1-2H3. The fourth-order valence-corrected chi connectivity index (χ4v) is 2.83. The van der Waals surface area contributed by atoms with E-state index in [0.29, 0.717) is 0 Å². The van der Waals surface area contributed by atoms with Crippen molar-refractivity contribution in [2.75, 3.05) is 20.1 Å². The van der Waals surface area contributed by atoms with E-state index in [-0.39, 0.29) is 0 Å². The lowest BCUT2D eigenvalue weighted by Crippen LogP contribution is -2.20. The lowest BCUT2D eigenvalue weighted by atomic mass is 9.95. The Bertz CT molecular complexity index is 745. The monoisotopic (exact) mass is 290 g/mol. The summed E-state index contributed by atoms with van der Waals surface area (Å²) in [4.78, 5) is 6.89. The van der Waals surface area contributed by atoms with Crippen molar-refractivity contribution in [2.45, 2.75) is 13.3 Å². The second kappa shape index (κ2) is 6.71. The van der Waals surface area contributed by atoms with Gasteiger partial charge >= 0.3 is 0 Å². The van der Waals surface area contributed by atoms with Gasteiger partial charge in [-0.1, -0.05) is 49.4 Å². The van der Waals surface area contributed by atoms with Crippen molar-refractivity contribution < 1.29 is 0 Å².